The zero-order valence-electron chi connectivity index (χ0n) is 25.4. The Bertz CT molecular complexity index is 1050. The first-order valence-electron chi connectivity index (χ1n) is 15.5. The van der Waals surface area contributed by atoms with Crippen molar-refractivity contribution in [3.05, 3.63) is 11.6 Å². The highest BCUT2D eigenvalue weighted by Gasteiger charge is 2.70. The first kappa shape index (κ1) is 31.5. The Hall–Kier alpha value is -2.42. The minimum atomic E-state index is -1.61. The van der Waals surface area contributed by atoms with Crippen LogP contribution in [0.2, 0.25) is 0 Å². The highest BCUT2D eigenvalue weighted by Crippen LogP contribution is 2.68. The monoisotopic (exact) mass is 576 g/mol. The van der Waals surface area contributed by atoms with Crippen LogP contribution in [-0.2, 0) is 28.5 Å². The second-order valence-corrected chi connectivity index (χ2v) is 13.5. The Morgan fingerprint density at radius 1 is 1.02 bits per heavy atom. The number of aliphatic hydroxyl groups is 1. The van der Waals surface area contributed by atoms with Gasteiger partial charge in [0.1, 0.15) is 0 Å². The fraction of sp³-hybridized carbons (Fsp3) is 0.812. The van der Waals surface area contributed by atoms with Crippen LogP contribution in [0.25, 0.3) is 0 Å². The molecule has 9 heteroatoms. The van der Waals surface area contributed by atoms with Gasteiger partial charge in [-0.2, -0.15) is 0 Å². The third-order valence-electron chi connectivity index (χ3n) is 10.5. The number of allylic oxidation sites excluding steroid dienone is 1. The average molecular weight is 577 g/mol. The number of ether oxygens (including phenoxy) is 4. The minimum absolute atomic E-state index is 0.00311. The molecule has 1 N–H and O–H groups in total. The van der Waals surface area contributed by atoms with E-state index in [1.165, 1.54) is 0 Å². The third-order valence-corrected chi connectivity index (χ3v) is 10.5. The van der Waals surface area contributed by atoms with Gasteiger partial charge >= 0.3 is 12.3 Å². The van der Waals surface area contributed by atoms with Crippen LogP contribution in [-0.4, -0.2) is 60.5 Å². The standard InChI is InChI=1S/C32H48O9/c1-6-7-8-15-38-29(37)41-32(26(35)19-40-28(36)39-18-20(2)3)14-12-24-23-10-9-21-16-22(33)11-13-30(21,4)27(23)25(34)17-31(24,32)5/h16,20,23-25,27,34H,6-15,17-19H2,1-5H3/t23-,24-,25-,27+,30-,31-,32-/m0/s1. The van der Waals surface area contributed by atoms with E-state index in [-0.39, 0.29) is 60.9 Å². The van der Waals surface area contributed by atoms with Crippen LogP contribution < -0.4 is 0 Å². The van der Waals surface area contributed by atoms with E-state index >= 15 is 0 Å². The molecule has 4 aliphatic carbocycles. The molecule has 0 aromatic heterocycles. The van der Waals surface area contributed by atoms with Crippen molar-refractivity contribution in [3.63, 3.8) is 0 Å². The first-order chi connectivity index (χ1) is 19.4. The summed E-state index contributed by atoms with van der Waals surface area (Å²) in [6, 6.07) is 0. The van der Waals surface area contributed by atoms with Crippen LogP contribution in [0.15, 0.2) is 11.6 Å². The summed E-state index contributed by atoms with van der Waals surface area (Å²) in [5, 5.41) is 11.8. The number of fused-ring (bicyclic) bond motifs is 5. The molecule has 0 aromatic carbocycles. The molecule has 0 aliphatic heterocycles. The van der Waals surface area contributed by atoms with Crippen LogP contribution in [0.4, 0.5) is 9.59 Å². The van der Waals surface area contributed by atoms with Gasteiger partial charge in [0.2, 0.25) is 5.78 Å². The predicted molar refractivity (Wildman–Crippen MR) is 150 cm³/mol. The van der Waals surface area contributed by atoms with Gasteiger partial charge in [-0.3, -0.25) is 9.59 Å². The number of aliphatic hydroxyl groups excluding tert-OH is 1. The van der Waals surface area contributed by atoms with Crippen LogP contribution in [0, 0.1) is 34.5 Å². The van der Waals surface area contributed by atoms with Crippen molar-refractivity contribution < 1.29 is 43.2 Å². The maximum Gasteiger partial charge on any atom is 0.509 e. The Labute approximate surface area is 243 Å². The van der Waals surface area contributed by atoms with E-state index in [9.17, 15) is 24.3 Å². The van der Waals surface area contributed by atoms with E-state index in [4.69, 9.17) is 18.9 Å². The summed E-state index contributed by atoms with van der Waals surface area (Å²) in [7, 11) is 0. The molecule has 0 heterocycles. The van der Waals surface area contributed by atoms with Gasteiger partial charge < -0.3 is 24.1 Å². The fourth-order valence-corrected chi connectivity index (χ4v) is 8.55. The van der Waals surface area contributed by atoms with Crippen LogP contribution >= 0.6 is 0 Å². The molecule has 41 heavy (non-hydrogen) atoms. The molecule has 230 valence electrons. The molecular formula is C32H48O9. The predicted octanol–water partition coefficient (Wildman–Crippen LogP) is 5.95. The molecule has 0 saturated heterocycles. The SMILES string of the molecule is CCCCCOC(=O)O[C@]1(C(=O)COC(=O)OCC(C)C)CC[C@H]2[C@@H]3CCC4=CC(=O)CC[C@]4(C)[C@H]3[C@@H](O)C[C@@]21C. The lowest BCUT2D eigenvalue weighted by atomic mass is 9.45. The number of carbonyl (C=O) groups excluding carboxylic acids is 4. The van der Waals surface area contributed by atoms with Crippen molar-refractivity contribution in [1.82, 2.24) is 0 Å². The van der Waals surface area contributed by atoms with E-state index in [1.54, 1.807) is 6.08 Å². The lowest BCUT2D eigenvalue weighted by molar-refractivity contribution is -0.187. The van der Waals surface area contributed by atoms with Crippen molar-refractivity contribution in [2.45, 2.75) is 111 Å². The van der Waals surface area contributed by atoms with E-state index in [0.29, 0.717) is 25.7 Å². The van der Waals surface area contributed by atoms with Crippen molar-refractivity contribution in [2.24, 2.45) is 34.5 Å². The number of Topliss-reactive ketones (excluding diaryl/α,β-unsaturated/α-hetero) is 1. The van der Waals surface area contributed by atoms with Gasteiger partial charge in [-0.25, -0.2) is 9.59 Å². The van der Waals surface area contributed by atoms with Gasteiger partial charge in [-0.1, -0.05) is 53.0 Å². The zero-order chi connectivity index (χ0) is 30.0. The highest BCUT2D eigenvalue weighted by atomic mass is 16.7. The quantitative estimate of drug-likeness (QED) is 0.248. The summed E-state index contributed by atoms with van der Waals surface area (Å²) in [6.45, 7) is 9.69. The molecule has 0 amide bonds. The summed E-state index contributed by atoms with van der Waals surface area (Å²) in [5.74, 6) is -0.230. The largest absolute Gasteiger partial charge is 0.509 e. The number of hydrogen-bond acceptors (Lipinski definition) is 9. The molecule has 0 bridgehead atoms. The number of unbranched alkanes of at least 4 members (excludes halogenated alkanes) is 2. The lowest BCUT2D eigenvalue weighted by Gasteiger charge is -2.60. The summed E-state index contributed by atoms with van der Waals surface area (Å²) >= 11 is 0. The van der Waals surface area contributed by atoms with Gasteiger partial charge in [0, 0.05) is 11.8 Å². The van der Waals surface area contributed by atoms with E-state index in [2.05, 4.69) is 13.8 Å². The first-order valence-corrected chi connectivity index (χ1v) is 15.5. The molecule has 0 radical (unpaired) electrons. The molecule has 9 nitrogen and oxygen atoms in total. The van der Waals surface area contributed by atoms with Crippen LogP contribution in [0.3, 0.4) is 0 Å². The molecule has 3 fully saturated rings. The number of ketones is 2. The van der Waals surface area contributed by atoms with Crippen molar-refractivity contribution in [3.8, 4) is 0 Å². The fourth-order valence-electron chi connectivity index (χ4n) is 8.55. The van der Waals surface area contributed by atoms with Crippen molar-refractivity contribution in [2.75, 3.05) is 19.8 Å². The normalized spacial score (nSPS) is 36.0. The van der Waals surface area contributed by atoms with E-state index in [1.807, 2.05) is 20.8 Å². The van der Waals surface area contributed by atoms with Crippen LogP contribution in [0.1, 0.15) is 98.8 Å². The van der Waals surface area contributed by atoms with Crippen molar-refractivity contribution >= 4 is 23.9 Å². The average Bonchev–Trinajstić information content (AvgIpc) is 3.20. The van der Waals surface area contributed by atoms with E-state index < -0.39 is 41.8 Å². The van der Waals surface area contributed by atoms with Gasteiger partial charge in [0.15, 0.2) is 18.0 Å². The summed E-state index contributed by atoms with van der Waals surface area (Å²) in [6.07, 6.45) is 5.61. The van der Waals surface area contributed by atoms with Gasteiger partial charge in [0.05, 0.1) is 19.3 Å². The smallest absolute Gasteiger partial charge is 0.434 e. The zero-order valence-corrected chi connectivity index (χ0v) is 25.4. The molecule has 3 saturated carbocycles. The Balaban J connectivity index is 1.60. The Morgan fingerprint density at radius 3 is 2.49 bits per heavy atom. The molecule has 4 rings (SSSR count). The molecule has 4 aliphatic rings. The summed E-state index contributed by atoms with van der Waals surface area (Å²) < 4.78 is 21.7. The Kier molecular flexibility index (Phi) is 9.56. The van der Waals surface area contributed by atoms with E-state index in [0.717, 1.165) is 31.3 Å². The number of hydrogen-bond donors (Lipinski definition) is 1. The minimum Gasteiger partial charge on any atom is -0.434 e. The number of carbonyl (C=O) groups is 4. The highest BCUT2D eigenvalue weighted by molar-refractivity contribution is 5.93. The van der Waals surface area contributed by atoms with Gasteiger partial charge in [-0.15, -0.1) is 0 Å². The maximum atomic E-state index is 14.0. The molecule has 0 aromatic rings. The lowest BCUT2D eigenvalue weighted by Crippen LogP contribution is -2.63. The second kappa shape index (κ2) is 12.4. The van der Waals surface area contributed by atoms with Gasteiger partial charge in [-0.05, 0) is 80.1 Å². The summed E-state index contributed by atoms with van der Waals surface area (Å²) in [5.41, 5.74) is -1.66. The Morgan fingerprint density at radius 2 is 1.78 bits per heavy atom. The summed E-state index contributed by atoms with van der Waals surface area (Å²) in [4.78, 5) is 51.4. The molecule has 0 spiro atoms. The maximum absolute atomic E-state index is 14.0. The van der Waals surface area contributed by atoms with Crippen molar-refractivity contribution in [1.29, 1.82) is 0 Å². The number of rotatable bonds is 10. The van der Waals surface area contributed by atoms with Gasteiger partial charge in [0.25, 0.3) is 0 Å². The third kappa shape index (κ3) is 5.93. The topological polar surface area (TPSA) is 125 Å². The molecule has 0 unspecified atom stereocenters. The second-order valence-electron chi connectivity index (χ2n) is 13.5. The molecular weight excluding hydrogens is 528 g/mol. The van der Waals surface area contributed by atoms with Crippen LogP contribution in [0.5, 0.6) is 0 Å². The molecule has 7 atom stereocenters.